The van der Waals surface area contributed by atoms with E-state index in [1.165, 1.54) is 7.11 Å². The molecule has 0 aliphatic rings. The van der Waals surface area contributed by atoms with Gasteiger partial charge in [0.05, 0.1) is 7.11 Å². The molecular formula is C24H23NO4. The Balaban J connectivity index is 1.74. The van der Waals surface area contributed by atoms with E-state index in [2.05, 4.69) is 5.32 Å². The summed E-state index contributed by atoms with van der Waals surface area (Å²) in [6, 6.07) is 22.5. The summed E-state index contributed by atoms with van der Waals surface area (Å²) in [7, 11) is 1.48. The zero-order valence-electron chi connectivity index (χ0n) is 16.6. The second-order valence-corrected chi connectivity index (χ2v) is 6.65. The number of ether oxygens (including phenoxy) is 2. The first kappa shape index (κ1) is 20.1. The van der Waals surface area contributed by atoms with Crippen LogP contribution in [-0.4, -0.2) is 25.1 Å². The smallest absolute Gasteiger partial charge is 0.342 e. The van der Waals surface area contributed by atoms with Gasteiger partial charge in [0, 0.05) is 11.3 Å². The molecule has 0 heterocycles. The summed E-state index contributed by atoms with van der Waals surface area (Å²) in [5.41, 5.74) is 3.71. The molecule has 5 heteroatoms. The van der Waals surface area contributed by atoms with Gasteiger partial charge in [-0.1, -0.05) is 60.2 Å². The number of anilines is 1. The molecule has 0 aliphatic carbocycles. The van der Waals surface area contributed by atoms with E-state index in [0.717, 1.165) is 16.7 Å². The van der Waals surface area contributed by atoms with E-state index in [1.54, 1.807) is 19.1 Å². The molecule has 29 heavy (non-hydrogen) atoms. The Morgan fingerprint density at radius 1 is 0.931 bits per heavy atom. The molecule has 0 fully saturated rings. The van der Waals surface area contributed by atoms with Crippen molar-refractivity contribution in [3.8, 4) is 16.9 Å². The highest BCUT2D eigenvalue weighted by Crippen LogP contribution is 2.28. The molecule has 0 unspecified atom stereocenters. The van der Waals surface area contributed by atoms with Crippen molar-refractivity contribution >= 4 is 17.6 Å². The SMILES string of the molecule is COc1ccc(C)cc1C(=O)O[C@@H](C)C(=O)Nc1ccccc1-c1ccccc1. The normalized spacial score (nSPS) is 11.4. The van der Waals surface area contributed by atoms with E-state index >= 15 is 0 Å². The van der Waals surface area contributed by atoms with E-state index in [9.17, 15) is 9.59 Å². The number of hydrogen-bond acceptors (Lipinski definition) is 4. The van der Waals surface area contributed by atoms with Gasteiger partial charge < -0.3 is 14.8 Å². The molecule has 148 valence electrons. The molecule has 0 saturated heterocycles. The zero-order chi connectivity index (χ0) is 20.8. The lowest BCUT2D eigenvalue weighted by molar-refractivity contribution is -0.123. The highest BCUT2D eigenvalue weighted by atomic mass is 16.5. The average molecular weight is 389 g/mol. The van der Waals surface area contributed by atoms with Crippen LogP contribution in [0.25, 0.3) is 11.1 Å². The van der Waals surface area contributed by atoms with Gasteiger partial charge in [0.1, 0.15) is 11.3 Å². The van der Waals surface area contributed by atoms with E-state index in [1.807, 2.05) is 67.6 Å². The second-order valence-electron chi connectivity index (χ2n) is 6.65. The number of hydrogen-bond donors (Lipinski definition) is 1. The Morgan fingerprint density at radius 3 is 2.34 bits per heavy atom. The van der Waals surface area contributed by atoms with Crippen LogP contribution in [0.2, 0.25) is 0 Å². The quantitative estimate of drug-likeness (QED) is 0.612. The molecule has 0 bridgehead atoms. The summed E-state index contributed by atoms with van der Waals surface area (Å²) in [6.07, 6.45) is -0.975. The largest absolute Gasteiger partial charge is 0.496 e. The topological polar surface area (TPSA) is 64.6 Å². The number of carbonyl (C=O) groups is 2. The minimum Gasteiger partial charge on any atom is -0.496 e. The molecule has 0 saturated carbocycles. The summed E-state index contributed by atoms with van der Waals surface area (Å²) in [5.74, 6) is -0.611. The van der Waals surface area contributed by atoms with Crippen molar-refractivity contribution in [3.05, 3.63) is 83.9 Å². The van der Waals surface area contributed by atoms with Gasteiger partial charge in [0.15, 0.2) is 6.10 Å². The summed E-state index contributed by atoms with van der Waals surface area (Å²) >= 11 is 0. The molecule has 0 aromatic heterocycles. The van der Waals surface area contributed by atoms with Gasteiger partial charge >= 0.3 is 5.97 Å². The number of nitrogens with one attached hydrogen (secondary N) is 1. The molecule has 5 nitrogen and oxygen atoms in total. The lowest BCUT2D eigenvalue weighted by Crippen LogP contribution is -2.30. The van der Waals surface area contributed by atoms with Crippen LogP contribution in [0.3, 0.4) is 0 Å². The predicted molar refractivity (Wildman–Crippen MR) is 113 cm³/mol. The van der Waals surface area contributed by atoms with Crippen LogP contribution in [0.5, 0.6) is 5.75 Å². The van der Waals surface area contributed by atoms with Crippen LogP contribution in [0, 0.1) is 6.92 Å². The third-order valence-corrected chi connectivity index (χ3v) is 4.50. The van der Waals surface area contributed by atoms with Crippen molar-refractivity contribution < 1.29 is 19.1 Å². The number of para-hydroxylation sites is 1. The van der Waals surface area contributed by atoms with Gasteiger partial charge in [-0.25, -0.2) is 4.79 Å². The minimum absolute atomic E-state index is 0.289. The summed E-state index contributed by atoms with van der Waals surface area (Å²) in [6.45, 7) is 3.41. The first-order valence-corrected chi connectivity index (χ1v) is 9.30. The maximum Gasteiger partial charge on any atom is 0.342 e. The molecule has 3 rings (SSSR count). The van der Waals surface area contributed by atoms with Gasteiger partial charge in [-0.2, -0.15) is 0 Å². The fourth-order valence-corrected chi connectivity index (χ4v) is 2.95. The third-order valence-electron chi connectivity index (χ3n) is 4.50. The molecule has 1 N–H and O–H groups in total. The number of benzene rings is 3. The van der Waals surface area contributed by atoms with Crippen LogP contribution in [0.4, 0.5) is 5.69 Å². The van der Waals surface area contributed by atoms with E-state index in [-0.39, 0.29) is 5.56 Å². The highest BCUT2D eigenvalue weighted by Gasteiger charge is 2.22. The van der Waals surface area contributed by atoms with Crippen LogP contribution in [0.15, 0.2) is 72.8 Å². The lowest BCUT2D eigenvalue weighted by atomic mass is 10.0. The van der Waals surface area contributed by atoms with E-state index in [0.29, 0.717) is 11.4 Å². The van der Waals surface area contributed by atoms with Crippen LogP contribution in [0.1, 0.15) is 22.8 Å². The Morgan fingerprint density at radius 2 is 1.62 bits per heavy atom. The predicted octanol–water partition coefficient (Wildman–Crippen LogP) is 4.85. The standard InChI is InChI=1S/C24H23NO4/c1-16-13-14-22(28-3)20(15-16)24(27)29-17(2)23(26)25-21-12-8-7-11-19(21)18-9-5-4-6-10-18/h4-15,17H,1-3H3,(H,25,26)/t17-/m0/s1. The van der Waals surface area contributed by atoms with Gasteiger partial charge in [0.2, 0.25) is 0 Å². The molecule has 3 aromatic rings. The van der Waals surface area contributed by atoms with E-state index < -0.39 is 18.0 Å². The highest BCUT2D eigenvalue weighted by molar-refractivity contribution is 6.00. The minimum atomic E-state index is -0.975. The Labute approximate surface area is 170 Å². The van der Waals surface area contributed by atoms with Gasteiger partial charge in [-0.3, -0.25) is 4.79 Å². The summed E-state index contributed by atoms with van der Waals surface area (Å²) in [4.78, 5) is 25.2. The third kappa shape index (κ3) is 4.82. The van der Waals surface area contributed by atoms with Crippen molar-refractivity contribution in [1.29, 1.82) is 0 Å². The molecule has 0 radical (unpaired) electrons. The number of methoxy groups -OCH3 is 1. The average Bonchev–Trinajstić information content (AvgIpc) is 2.74. The zero-order valence-corrected chi connectivity index (χ0v) is 16.6. The Kier molecular flexibility index (Phi) is 6.29. The number of carbonyl (C=O) groups excluding carboxylic acids is 2. The fraction of sp³-hybridized carbons (Fsp3) is 0.167. The molecule has 0 aliphatic heterocycles. The van der Waals surface area contributed by atoms with Crippen molar-refractivity contribution in [3.63, 3.8) is 0 Å². The number of esters is 1. The number of aryl methyl sites for hydroxylation is 1. The first-order chi connectivity index (χ1) is 14.0. The van der Waals surface area contributed by atoms with Gasteiger partial charge in [-0.15, -0.1) is 0 Å². The van der Waals surface area contributed by atoms with Crippen molar-refractivity contribution in [1.82, 2.24) is 0 Å². The number of rotatable bonds is 6. The van der Waals surface area contributed by atoms with Crippen molar-refractivity contribution in [2.75, 3.05) is 12.4 Å². The monoisotopic (exact) mass is 389 g/mol. The van der Waals surface area contributed by atoms with Crippen molar-refractivity contribution in [2.24, 2.45) is 0 Å². The molecular weight excluding hydrogens is 366 g/mol. The summed E-state index contributed by atoms with van der Waals surface area (Å²) in [5, 5.41) is 2.86. The van der Waals surface area contributed by atoms with Gasteiger partial charge in [-0.05, 0) is 37.6 Å². The fourth-order valence-electron chi connectivity index (χ4n) is 2.95. The number of amides is 1. The van der Waals surface area contributed by atoms with Crippen LogP contribution < -0.4 is 10.1 Å². The van der Waals surface area contributed by atoms with E-state index in [4.69, 9.17) is 9.47 Å². The maximum absolute atomic E-state index is 12.7. The molecule has 1 amide bonds. The van der Waals surface area contributed by atoms with Crippen LogP contribution in [-0.2, 0) is 9.53 Å². The summed E-state index contributed by atoms with van der Waals surface area (Å²) < 4.78 is 10.6. The Bertz CT molecular complexity index is 1010. The maximum atomic E-state index is 12.7. The van der Waals surface area contributed by atoms with Crippen molar-refractivity contribution in [2.45, 2.75) is 20.0 Å². The van der Waals surface area contributed by atoms with Crippen LogP contribution >= 0.6 is 0 Å². The molecule has 3 aromatic carbocycles. The first-order valence-electron chi connectivity index (χ1n) is 9.30. The molecule has 1 atom stereocenters. The second kappa shape index (κ2) is 9.06. The van der Waals surface area contributed by atoms with Gasteiger partial charge in [0.25, 0.3) is 5.91 Å². The lowest BCUT2D eigenvalue weighted by Gasteiger charge is -2.17. The molecule has 0 spiro atoms. The Hall–Kier alpha value is -3.60.